The van der Waals surface area contributed by atoms with E-state index in [2.05, 4.69) is 0 Å². The predicted octanol–water partition coefficient (Wildman–Crippen LogP) is 2.73. The maximum atomic E-state index is 11.5. The molecule has 0 amide bonds. The van der Waals surface area contributed by atoms with Crippen molar-refractivity contribution in [2.75, 3.05) is 0 Å². The summed E-state index contributed by atoms with van der Waals surface area (Å²) in [6.07, 6.45) is 5.00. The first kappa shape index (κ1) is 45.5. The summed E-state index contributed by atoms with van der Waals surface area (Å²) in [6.45, 7) is 15.9. The molecule has 0 aliphatic heterocycles. The van der Waals surface area contributed by atoms with Crippen molar-refractivity contribution in [3.05, 3.63) is 0 Å². The van der Waals surface area contributed by atoms with Crippen molar-refractivity contribution < 1.29 is 76.8 Å². The minimum absolute atomic E-state index is 0. The number of carboxylic acids is 3. The molecule has 0 fully saturated rings. The molecule has 0 spiro atoms. The second kappa shape index (κ2) is 23.1. The van der Waals surface area contributed by atoms with Gasteiger partial charge in [0.15, 0.2) is 0 Å². The molecule has 0 aromatic rings. The van der Waals surface area contributed by atoms with Gasteiger partial charge in [0, 0.05) is 19.3 Å². The monoisotopic (exact) mass is 644 g/mol. The Morgan fingerprint density at radius 3 is 0.625 bits per heavy atom. The second-order valence-electron chi connectivity index (χ2n) is 9.75. The average Bonchev–Trinajstić information content (AvgIpc) is 2.88. The summed E-state index contributed by atoms with van der Waals surface area (Å²) < 4.78 is 0. The normalized spacial score (nSPS) is 11.0. The van der Waals surface area contributed by atoms with Crippen LogP contribution in [0.5, 0.6) is 0 Å². The van der Waals surface area contributed by atoms with E-state index >= 15 is 0 Å². The van der Waals surface area contributed by atoms with Gasteiger partial charge in [-0.15, -0.1) is 0 Å². The third-order valence-electron chi connectivity index (χ3n) is 7.83. The molecule has 0 N–H and O–H groups in total. The van der Waals surface area contributed by atoms with E-state index in [1.54, 1.807) is 41.5 Å². The summed E-state index contributed by atoms with van der Waals surface area (Å²) in [6, 6.07) is 0. The van der Waals surface area contributed by atoms with Gasteiger partial charge in [-0.05, 0) is 57.8 Å². The third kappa shape index (κ3) is 12.2. The molecule has 10 heteroatoms. The molecule has 0 aliphatic rings. The third-order valence-corrected chi connectivity index (χ3v) is 7.83. The Morgan fingerprint density at radius 1 is 0.400 bits per heavy atom. The Morgan fingerprint density at radius 2 is 0.550 bits per heavy atom. The standard InChI is InChI=1S/3C10H18O3.Y/c3*1-4-7-8(11)10(5-2,6-3)9(12)13;/h3*4-7H2,1-3H3,(H,12,13);/q;;;+3/p-3. The number of aliphatic carboxylic acids is 3. The van der Waals surface area contributed by atoms with Crippen molar-refractivity contribution in [2.45, 2.75) is 139 Å². The van der Waals surface area contributed by atoms with Crippen LogP contribution in [0.2, 0.25) is 0 Å². The number of carbonyl (C=O) groups is 6. The van der Waals surface area contributed by atoms with Crippen LogP contribution in [0.3, 0.4) is 0 Å². The van der Waals surface area contributed by atoms with Gasteiger partial charge >= 0.3 is 32.7 Å². The first-order chi connectivity index (χ1) is 18.1. The van der Waals surface area contributed by atoms with Gasteiger partial charge in [-0.25, -0.2) is 0 Å². The molecule has 0 rings (SSSR count). The van der Waals surface area contributed by atoms with E-state index in [9.17, 15) is 44.1 Å². The minimum Gasteiger partial charge on any atom is -0.549 e. The van der Waals surface area contributed by atoms with E-state index in [4.69, 9.17) is 0 Å². The van der Waals surface area contributed by atoms with E-state index in [0.717, 1.165) is 0 Å². The summed E-state index contributed by atoms with van der Waals surface area (Å²) in [5, 5.41) is 32.6. The Hall–Kier alpha value is -1.48. The molecule has 0 unspecified atom stereocenters. The van der Waals surface area contributed by atoms with E-state index in [1.807, 2.05) is 20.8 Å². The second-order valence-corrected chi connectivity index (χ2v) is 9.75. The van der Waals surface area contributed by atoms with Crippen molar-refractivity contribution in [1.82, 2.24) is 0 Å². The predicted molar refractivity (Wildman–Crippen MR) is 144 cm³/mol. The van der Waals surface area contributed by atoms with Crippen molar-refractivity contribution >= 4 is 35.3 Å². The quantitative estimate of drug-likeness (QED) is 0.204. The number of carbonyl (C=O) groups excluding carboxylic acids is 6. The molecule has 0 saturated carbocycles. The summed E-state index contributed by atoms with van der Waals surface area (Å²) in [5.41, 5.74) is -3.72. The van der Waals surface area contributed by atoms with E-state index < -0.39 is 34.2 Å². The summed E-state index contributed by atoms with van der Waals surface area (Å²) in [7, 11) is 0. The number of ketones is 3. The molecular formula is C30H51O9Y. The van der Waals surface area contributed by atoms with Gasteiger partial charge in [-0.2, -0.15) is 0 Å². The van der Waals surface area contributed by atoms with Crippen molar-refractivity contribution in [1.29, 1.82) is 0 Å². The minimum atomic E-state index is -1.24. The van der Waals surface area contributed by atoms with Gasteiger partial charge in [-0.1, -0.05) is 62.3 Å². The number of rotatable bonds is 18. The van der Waals surface area contributed by atoms with Crippen molar-refractivity contribution in [3.8, 4) is 0 Å². The van der Waals surface area contributed by atoms with E-state index in [-0.39, 0.29) is 50.1 Å². The molecule has 228 valence electrons. The Balaban J connectivity index is -0.000000240. The fraction of sp³-hybridized carbons (Fsp3) is 0.800. The van der Waals surface area contributed by atoms with E-state index in [0.29, 0.717) is 77.0 Å². The smallest absolute Gasteiger partial charge is 0.549 e. The van der Waals surface area contributed by atoms with Gasteiger partial charge in [0.2, 0.25) is 0 Å². The maximum Gasteiger partial charge on any atom is 3.00 e. The number of hydrogen-bond acceptors (Lipinski definition) is 9. The zero-order valence-electron chi connectivity index (χ0n) is 26.2. The van der Waals surface area contributed by atoms with Gasteiger partial charge in [-0.3, -0.25) is 14.4 Å². The number of hydrogen-bond donors (Lipinski definition) is 0. The number of carboxylic acid groups (broad SMARTS) is 3. The van der Waals surface area contributed by atoms with Crippen LogP contribution in [0.4, 0.5) is 0 Å². The molecule has 0 radical (unpaired) electrons. The van der Waals surface area contributed by atoms with Crippen LogP contribution >= 0.6 is 0 Å². The van der Waals surface area contributed by atoms with Crippen LogP contribution in [-0.2, 0) is 61.5 Å². The average molecular weight is 645 g/mol. The molecule has 9 nitrogen and oxygen atoms in total. The molecule has 0 saturated heterocycles. The van der Waals surface area contributed by atoms with Crippen LogP contribution in [0.1, 0.15) is 139 Å². The van der Waals surface area contributed by atoms with Crippen LogP contribution in [0.25, 0.3) is 0 Å². The number of Topliss-reactive ketones (excluding diaryl/α,β-unsaturated/α-hetero) is 3. The molecule has 0 aromatic heterocycles. The first-order valence-electron chi connectivity index (χ1n) is 14.4. The van der Waals surface area contributed by atoms with Gasteiger partial charge in [0.25, 0.3) is 0 Å². The summed E-state index contributed by atoms with van der Waals surface area (Å²) >= 11 is 0. The van der Waals surface area contributed by atoms with Crippen molar-refractivity contribution in [2.24, 2.45) is 16.2 Å². The molecule has 0 aliphatic carbocycles. The van der Waals surface area contributed by atoms with Crippen LogP contribution < -0.4 is 15.3 Å². The van der Waals surface area contributed by atoms with Gasteiger partial charge in [0.05, 0.1) is 34.2 Å². The van der Waals surface area contributed by atoms with Crippen LogP contribution in [0.15, 0.2) is 0 Å². The fourth-order valence-electron chi connectivity index (χ4n) is 4.54. The van der Waals surface area contributed by atoms with Gasteiger partial charge < -0.3 is 29.7 Å². The largest absolute Gasteiger partial charge is 3.00 e. The topological polar surface area (TPSA) is 172 Å². The molecule has 0 heterocycles. The summed E-state index contributed by atoms with van der Waals surface area (Å²) in [5.74, 6) is -4.26. The Kier molecular flexibility index (Phi) is 26.3. The molecule has 0 atom stereocenters. The summed E-state index contributed by atoms with van der Waals surface area (Å²) in [4.78, 5) is 67.2. The molecule has 0 bridgehead atoms. The zero-order valence-corrected chi connectivity index (χ0v) is 29.1. The van der Waals surface area contributed by atoms with E-state index in [1.165, 1.54) is 0 Å². The SMILES string of the molecule is CCCC(=O)C(CC)(CC)C(=O)[O-].CCCC(=O)C(CC)(CC)C(=O)[O-].CCCC(=O)C(CC)(CC)C(=O)[O-].[Y+3]. The molecule has 0 aromatic carbocycles. The van der Waals surface area contributed by atoms with Gasteiger partial charge in [0.1, 0.15) is 17.3 Å². The molecule has 40 heavy (non-hydrogen) atoms. The van der Waals surface area contributed by atoms with Crippen LogP contribution in [0, 0.1) is 16.2 Å². The zero-order chi connectivity index (χ0) is 31.4. The van der Waals surface area contributed by atoms with Crippen molar-refractivity contribution in [3.63, 3.8) is 0 Å². The maximum absolute atomic E-state index is 11.5. The fourth-order valence-corrected chi connectivity index (χ4v) is 4.54. The van der Waals surface area contributed by atoms with Crippen LogP contribution in [-0.4, -0.2) is 35.3 Å². The first-order valence-corrected chi connectivity index (χ1v) is 14.4. The molecular weight excluding hydrogens is 593 g/mol. The Bertz CT molecular complexity index is 688. The Labute approximate surface area is 266 Å².